The maximum Gasteiger partial charge on any atom is 0.420 e. The Hall–Kier alpha value is -2.48. The molecule has 0 spiro atoms. The highest BCUT2D eigenvalue weighted by atomic mass is 79.9. The van der Waals surface area contributed by atoms with Crippen molar-refractivity contribution in [3.05, 3.63) is 57.7 Å². The monoisotopic (exact) mass is 455 g/mol. The second-order valence-electron chi connectivity index (χ2n) is 6.40. The Morgan fingerprint density at radius 2 is 2.00 bits per heavy atom. The van der Waals surface area contributed by atoms with Crippen molar-refractivity contribution in [3.8, 4) is 11.5 Å². The summed E-state index contributed by atoms with van der Waals surface area (Å²) in [5.74, 6) is -1.34. The number of rotatable bonds is 6. The van der Waals surface area contributed by atoms with Gasteiger partial charge in [-0.3, -0.25) is 4.79 Å². The minimum absolute atomic E-state index is 0.0327. The molecule has 8 heteroatoms. The quantitative estimate of drug-likeness (QED) is 0.456. The molecule has 3 rings (SSSR count). The summed E-state index contributed by atoms with van der Waals surface area (Å²) >= 11 is 3.10. The van der Waals surface area contributed by atoms with Crippen LogP contribution >= 0.6 is 15.9 Å². The molecule has 1 aromatic heterocycles. The third kappa shape index (κ3) is 4.32. The lowest BCUT2D eigenvalue weighted by atomic mass is 10.1. The summed E-state index contributed by atoms with van der Waals surface area (Å²) in [6.07, 6.45) is -1.55. The predicted octanol–water partition coefficient (Wildman–Crippen LogP) is 6.32. The summed E-state index contributed by atoms with van der Waals surface area (Å²) in [7, 11) is 0. The van der Waals surface area contributed by atoms with Gasteiger partial charge in [-0.05, 0) is 63.8 Å². The van der Waals surface area contributed by atoms with Gasteiger partial charge in [-0.1, -0.05) is 13.3 Å². The van der Waals surface area contributed by atoms with E-state index >= 15 is 0 Å². The van der Waals surface area contributed by atoms with Crippen LogP contribution in [0.4, 0.5) is 13.2 Å². The van der Waals surface area contributed by atoms with E-state index in [2.05, 4.69) is 20.9 Å². The number of aromatic amines is 1. The van der Waals surface area contributed by atoms with Gasteiger partial charge < -0.3 is 14.8 Å². The van der Waals surface area contributed by atoms with Crippen LogP contribution in [0.5, 0.6) is 11.5 Å². The SMILES string of the molecule is CCCc1c[nH]c2ccc(Oc3c(Br)cc(CC(=O)O)cc3C(F)(F)F)cc12. The average Bonchev–Trinajstić information content (AvgIpc) is 2.98. The Morgan fingerprint density at radius 1 is 1.25 bits per heavy atom. The smallest absolute Gasteiger partial charge is 0.420 e. The standard InChI is InChI=1S/C20H17BrF3NO3/c1-2-3-12-10-25-17-5-4-13(9-14(12)17)28-19-15(20(22,23)24)6-11(7-16(19)21)8-18(26)27/h4-7,9-10,25H,2-3,8H2,1H3,(H,26,27). The fraction of sp³-hybridized carbons (Fsp3) is 0.250. The molecule has 28 heavy (non-hydrogen) atoms. The van der Waals surface area contributed by atoms with Gasteiger partial charge in [-0.2, -0.15) is 13.2 Å². The molecule has 0 bridgehead atoms. The van der Waals surface area contributed by atoms with Gasteiger partial charge in [0.05, 0.1) is 16.5 Å². The van der Waals surface area contributed by atoms with Gasteiger partial charge in [0.15, 0.2) is 5.75 Å². The molecule has 0 aliphatic heterocycles. The third-order valence-corrected chi connectivity index (χ3v) is 4.83. The number of carboxylic acids is 1. The number of hydrogen-bond acceptors (Lipinski definition) is 2. The molecule has 3 aromatic rings. The van der Waals surface area contributed by atoms with Crippen LogP contribution in [0.25, 0.3) is 10.9 Å². The number of aromatic nitrogens is 1. The zero-order valence-corrected chi connectivity index (χ0v) is 16.4. The van der Waals surface area contributed by atoms with Crippen molar-refractivity contribution in [2.45, 2.75) is 32.4 Å². The van der Waals surface area contributed by atoms with Gasteiger partial charge >= 0.3 is 12.1 Å². The van der Waals surface area contributed by atoms with E-state index in [0.29, 0.717) is 0 Å². The second-order valence-corrected chi connectivity index (χ2v) is 7.25. The Balaban J connectivity index is 2.04. The van der Waals surface area contributed by atoms with Crippen molar-refractivity contribution in [2.24, 2.45) is 0 Å². The number of carbonyl (C=O) groups is 1. The van der Waals surface area contributed by atoms with Gasteiger partial charge in [0.25, 0.3) is 0 Å². The zero-order valence-electron chi connectivity index (χ0n) is 14.9. The molecule has 2 aromatic carbocycles. The van der Waals surface area contributed by atoms with Crippen molar-refractivity contribution >= 4 is 32.8 Å². The number of aryl methyl sites for hydroxylation is 1. The van der Waals surface area contributed by atoms with Crippen LogP contribution < -0.4 is 4.74 Å². The van der Waals surface area contributed by atoms with Crippen molar-refractivity contribution in [2.75, 3.05) is 0 Å². The summed E-state index contributed by atoms with van der Waals surface area (Å²) in [5, 5.41) is 9.77. The maximum atomic E-state index is 13.6. The molecular weight excluding hydrogens is 439 g/mol. The summed E-state index contributed by atoms with van der Waals surface area (Å²) in [6, 6.07) is 7.19. The number of aliphatic carboxylic acids is 1. The zero-order chi connectivity index (χ0) is 20.5. The number of fused-ring (bicyclic) bond motifs is 1. The topological polar surface area (TPSA) is 62.3 Å². The van der Waals surface area contributed by atoms with Crippen LogP contribution in [0.15, 0.2) is 41.0 Å². The molecule has 0 radical (unpaired) electrons. The molecule has 2 N–H and O–H groups in total. The lowest BCUT2D eigenvalue weighted by Gasteiger charge is -2.17. The molecule has 0 fully saturated rings. The highest BCUT2D eigenvalue weighted by Crippen LogP contribution is 2.43. The van der Waals surface area contributed by atoms with Gasteiger partial charge in [0, 0.05) is 17.1 Å². The van der Waals surface area contributed by atoms with E-state index < -0.39 is 29.9 Å². The number of halogens is 4. The van der Waals surface area contributed by atoms with Crippen LogP contribution in [-0.2, 0) is 23.8 Å². The molecule has 0 aliphatic rings. The number of ether oxygens (including phenoxy) is 1. The Labute approximate surface area is 167 Å². The van der Waals surface area contributed by atoms with E-state index in [1.165, 1.54) is 6.07 Å². The largest absolute Gasteiger partial charge is 0.481 e. The van der Waals surface area contributed by atoms with Gasteiger partial charge in [-0.25, -0.2) is 0 Å². The van der Waals surface area contributed by atoms with Crippen molar-refractivity contribution < 1.29 is 27.8 Å². The van der Waals surface area contributed by atoms with Crippen LogP contribution in [0.1, 0.15) is 30.0 Å². The number of H-pyrrole nitrogens is 1. The highest BCUT2D eigenvalue weighted by molar-refractivity contribution is 9.10. The number of benzene rings is 2. The fourth-order valence-electron chi connectivity index (χ4n) is 3.06. The van der Waals surface area contributed by atoms with Crippen molar-refractivity contribution in [1.29, 1.82) is 0 Å². The van der Waals surface area contributed by atoms with Crippen molar-refractivity contribution in [1.82, 2.24) is 4.98 Å². The number of nitrogens with one attached hydrogen (secondary N) is 1. The first kappa shape index (κ1) is 20.3. The summed E-state index contributed by atoms with van der Waals surface area (Å²) in [4.78, 5) is 14.0. The Morgan fingerprint density at radius 3 is 2.64 bits per heavy atom. The van der Waals surface area contributed by atoms with Crippen molar-refractivity contribution in [3.63, 3.8) is 0 Å². The molecule has 0 saturated heterocycles. The van der Waals surface area contributed by atoms with Gasteiger partial charge in [0.2, 0.25) is 0 Å². The Bertz CT molecular complexity index is 1030. The van der Waals surface area contributed by atoms with Crippen LogP contribution in [0.3, 0.4) is 0 Å². The maximum absolute atomic E-state index is 13.6. The van der Waals surface area contributed by atoms with Gasteiger partial charge in [0.1, 0.15) is 5.75 Å². The fourth-order valence-corrected chi connectivity index (χ4v) is 3.64. The molecule has 0 atom stereocenters. The first-order valence-corrected chi connectivity index (χ1v) is 9.37. The molecule has 0 amide bonds. The normalized spacial score (nSPS) is 11.8. The summed E-state index contributed by atoms with van der Waals surface area (Å²) < 4.78 is 46.3. The second kappa shape index (κ2) is 7.87. The summed E-state index contributed by atoms with van der Waals surface area (Å²) in [6.45, 7) is 2.05. The number of alkyl halides is 3. The highest BCUT2D eigenvalue weighted by Gasteiger charge is 2.36. The molecule has 0 saturated carbocycles. The predicted molar refractivity (Wildman–Crippen MR) is 103 cm³/mol. The minimum Gasteiger partial charge on any atom is -0.481 e. The molecule has 148 valence electrons. The molecule has 0 unspecified atom stereocenters. The molecule has 4 nitrogen and oxygen atoms in total. The van der Waals surface area contributed by atoms with E-state index in [-0.39, 0.29) is 15.8 Å². The number of hydrogen-bond donors (Lipinski definition) is 2. The molecule has 1 heterocycles. The third-order valence-electron chi connectivity index (χ3n) is 4.24. The van der Waals surface area contributed by atoms with E-state index in [0.717, 1.165) is 35.4 Å². The van der Waals surface area contributed by atoms with Crippen LogP contribution in [0, 0.1) is 0 Å². The van der Waals surface area contributed by atoms with Gasteiger partial charge in [-0.15, -0.1) is 0 Å². The van der Waals surface area contributed by atoms with Crippen LogP contribution in [0.2, 0.25) is 0 Å². The first-order chi connectivity index (χ1) is 13.2. The average molecular weight is 456 g/mol. The Kier molecular flexibility index (Phi) is 5.69. The molecular formula is C20H17BrF3NO3. The van der Waals surface area contributed by atoms with E-state index in [4.69, 9.17) is 9.84 Å². The van der Waals surface area contributed by atoms with Crippen LogP contribution in [-0.4, -0.2) is 16.1 Å². The van der Waals surface area contributed by atoms with E-state index in [1.54, 1.807) is 18.2 Å². The summed E-state index contributed by atoms with van der Waals surface area (Å²) in [5.41, 5.74) is 0.948. The molecule has 0 aliphatic carbocycles. The lowest BCUT2D eigenvalue weighted by molar-refractivity contribution is -0.139. The lowest BCUT2D eigenvalue weighted by Crippen LogP contribution is -2.10. The minimum atomic E-state index is -4.70. The number of carboxylic acid groups (broad SMARTS) is 1. The first-order valence-electron chi connectivity index (χ1n) is 8.58. The van der Waals surface area contributed by atoms with E-state index in [1.807, 2.05) is 13.1 Å². The van der Waals surface area contributed by atoms with E-state index in [9.17, 15) is 18.0 Å².